The normalized spacial score (nSPS) is 29.9. The molecule has 1 aromatic rings. The maximum Gasteiger partial charge on any atom is 0.353 e. The van der Waals surface area contributed by atoms with Crippen LogP contribution in [0, 0.1) is 17.2 Å². The topological polar surface area (TPSA) is 118 Å². The first-order chi connectivity index (χ1) is 13.7. The molecule has 3 aliphatic rings. The van der Waals surface area contributed by atoms with Gasteiger partial charge in [-0.05, 0) is 26.7 Å². The molecule has 3 aliphatic heterocycles. The van der Waals surface area contributed by atoms with Crippen molar-refractivity contribution in [2.45, 2.75) is 56.1 Å². The van der Waals surface area contributed by atoms with Gasteiger partial charge in [0.05, 0.1) is 35.6 Å². The summed E-state index contributed by atoms with van der Waals surface area (Å²) in [5.41, 5.74) is 0.926. The third-order valence-corrected chi connectivity index (χ3v) is 8.28. The summed E-state index contributed by atoms with van der Waals surface area (Å²) in [7, 11) is 0. The van der Waals surface area contributed by atoms with Crippen LogP contribution in [0.3, 0.4) is 0 Å². The molecular weight excluding hydrogens is 412 g/mol. The van der Waals surface area contributed by atoms with Gasteiger partial charge in [0.25, 0.3) is 0 Å². The molecule has 0 aliphatic carbocycles. The summed E-state index contributed by atoms with van der Waals surface area (Å²) in [6.45, 7) is 6.11. The lowest BCUT2D eigenvalue weighted by Crippen LogP contribution is -2.63. The average molecular weight is 437 g/mol. The van der Waals surface area contributed by atoms with Crippen molar-refractivity contribution in [1.82, 2.24) is 14.8 Å². The van der Waals surface area contributed by atoms with E-state index >= 15 is 0 Å². The van der Waals surface area contributed by atoms with Crippen molar-refractivity contribution < 1.29 is 19.8 Å². The second kappa shape index (κ2) is 7.41. The molecule has 0 unspecified atom stereocenters. The van der Waals surface area contributed by atoms with Gasteiger partial charge >= 0.3 is 5.97 Å². The third kappa shape index (κ3) is 3.17. The molecule has 5 atom stereocenters. The first-order valence-electron chi connectivity index (χ1n) is 9.66. The highest BCUT2D eigenvalue weighted by atomic mass is 32.2. The predicted octanol–water partition coefficient (Wildman–Crippen LogP) is 2.52. The van der Waals surface area contributed by atoms with Crippen LogP contribution in [0.1, 0.15) is 45.3 Å². The van der Waals surface area contributed by atoms with Gasteiger partial charge < -0.3 is 20.0 Å². The number of carbonyl (C=O) groups is 2. The molecular formula is C19H24N4O4S2. The third-order valence-electron chi connectivity index (χ3n) is 6.03. The van der Waals surface area contributed by atoms with E-state index in [4.69, 9.17) is 10.4 Å². The number of nitrogens with zero attached hydrogens (tertiary/aromatic N) is 3. The molecule has 3 N–H and O–H groups in total. The number of amides is 1. The van der Waals surface area contributed by atoms with Crippen LogP contribution in [0.25, 0.3) is 0 Å². The predicted molar refractivity (Wildman–Crippen MR) is 110 cm³/mol. The van der Waals surface area contributed by atoms with E-state index in [9.17, 15) is 19.8 Å². The van der Waals surface area contributed by atoms with Crippen LogP contribution < -0.4 is 0 Å². The Balaban J connectivity index is 1.60. The number of thioether (sulfide) groups is 1. The molecule has 29 heavy (non-hydrogen) atoms. The molecule has 8 nitrogen and oxygen atoms in total. The number of thiazole rings is 1. The largest absolute Gasteiger partial charge is 0.477 e. The molecule has 0 bridgehead atoms. The number of aliphatic hydroxyl groups is 1. The van der Waals surface area contributed by atoms with Gasteiger partial charge in [0.15, 0.2) is 4.34 Å². The fourth-order valence-corrected chi connectivity index (χ4v) is 6.84. The number of likely N-dealkylation sites (tertiary alicyclic amines) is 1. The van der Waals surface area contributed by atoms with Gasteiger partial charge in [-0.1, -0.05) is 18.7 Å². The zero-order valence-electron chi connectivity index (χ0n) is 16.5. The van der Waals surface area contributed by atoms with Crippen molar-refractivity contribution in [2.24, 2.45) is 11.8 Å². The summed E-state index contributed by atoms with van der Waals surface area (Å²) in [4.78, 5) is 33.1. The fraction of sp³-hybridized carbons (Fsp3) is 0.579. The lowest BCUT2D eigenvalue weighted by atomic mass is 9.79. The van der Waals surface area contributed by atoms with Crippen molar-refractivity contribution >= 4 is 40.8 Å². The molecule has 0 radical (unpaired) electrons. The maximum atomic E-state index is 12.4. The molecule has 4 rings (SSSR count). The van der Waals surface area contributed by atoms with Gasteiger partial charge in [-0.15, -0.1) is 11.3 Å². The number of nitrogens with one attached hydrogen (secondary N) is 1. The van der Waals surface area contributed by atoms with Gasteiger partial charge in [0, 0.05) is 22.7 Å². The highest BCUT2D eigenvalue weighted by molar-refractivity contribution is 8.04. The zero-order valence-corrected chi connectivity index (χ0v) is 18.1. The Hall–Kier alpha value is -1.91. The van der Waals surface area contributed by atoms with Gasteiger partial charge in [-0.25, -0.2) is 9.78 Å². The van der Waals surface area contributed by atoms with E-state index in [1.54, 1.807) is 13.8 Å². The lowest BCUT2D eigenvalue weighted by Gasteiger charge is -2.46. The molecule has 1 aromatic heterocycles. The van der Waals surface area contributed by atoms with E-state index < -0.39 is 18.0 Å². The summed E-state index contributed by atoms with van der Waals surface area (Å²) in [6, 6.07) is -0.227. The first-order valence-corrected chi connectivity index (χ1v) is 11.4. The number of hydrogen-bond donors (Lipinski definition) is 3. The molecule has 0 saturated carbocycles. The summed E-state index contributed by atoms with van der Waals surface area (Å²) in [6.07, 6.45) is 1.16. The van der Waals surface area contributed by atoms with Gasteiger partial charge in [0.1, 0.15) is 5.70 Å². The van der Waals surface area contributed by atoms with Crippen molar-refractivity contribution in [1.29, 1.82) is 5.41 Å². The number of carboxylic acids is 1. The smallest absolute Gasteiger partial charge is 0.353 e. The minimum Gasteiger partial charge on any atom is -0.477 e. The van der Waals surface area contributed by atoms with E-state index in [1.807, 2.05) is 17.2 Å². The summed E-state index contributed by atoms with van der Waals surface area (Å²) in [5.74, 6) is -1.67. The molecule has 10 heteroatoms. The number of carbonyl (C=O) groups excluding carboxylic acids is 1. The molecule has 2 saturated heterocycles. The van der Waals surface area contributed by atoms with Gasteiger partial charge in [-0.3, -0.25) is 10.2 Å². The van der Waals surface area contributed by atoms with Crippen molar-refractivity contribution in [3.63, 3.8) is 0 Å². The average Bonchev–Trinajstić information content (AvgIpc) is 3.33. The number of aliphatic carboxylic acids is 1. The molecule has 156 valence electrons. The van der Waals surface area contributed by atoms with Gasteiger partial charge in [-0.2, -0.15) is 0 Å². The van der Waals surface area contributed by atoms with Crippen molar-refractivity contribution in [3.05, 3.63) is 21.7 Å². The van der Waals surface area contributed by atoms with E-state index in [2.05, 4.69) is 0 Å². The second-order valence-corrected chi connectivity index (χ2v) is 10.00. The maximum absolute atomic E-state index is 12.4. The Labute approximate surface area is 177 Å². The molecule has 4 heterocycles. The number of fused-ring (bicyclic) bond motifs is 1. The van der Waals surface area contributed by atoms with Crippen molar-refractivity contribution in [3.8, 4) is 0 Å². The lowest BCUT2D eigenvalue weighted by molar-refractivity contribution is -0.163. The number of carboxylic acid groups (broad SMARTS) is 1. The molecule has 1 amide bonds. The number of rotatable bonds is 5. The fourth-order valence-electron chi connectivity index (χ4n) is 4.70. The number of hydrogen-bond acceptors (Lipinski definition) is 7. The zero-order chi connectivity index (χ0) is 21.0. The first kappa shape index (κ1) is 20.4. The summed E-state index contributed by atoms with van der Waals surface area (Å²) < 4.78 is 0.735. The van der Waals surface area contributed by atoms with E-state index in [0.717, 1.165) is 29.4 Å². The van der Waals surface area contributed by atoms with E-state index in [1.165, 1.54) is 28.0 Å². The summed E-state index contributed by atoms with van der Waals surface area (Å²) >= 11 is 2.77. The van der Waals surface area contributed by atoms with Crippen LogP contribution in [0.15, 0.2) is 20.3 Å². The Bertz CT molecular complexity index is 912. The Morgan fingerprint density at radius 3 is 2.83 bits per heavy atom. The van der Waals surface area contributed by atoms with Crippen molar-refractivity contribution in [2.75, 3.05) is 6.54 Å². The SMILES string of the molecule is CC(=N)N1CCC[C@H]1c1csc(SC2=C(C(=O)O)N3C(=O)[C@H]([C@@H](C)O)[C@H]3[C@H]2C)n1. The minimum absolute atomic E-state index is 0.0176. The van der Waals surface area contributed by atoms with E-state index in [0.29, 0.717) is 10.7 Å². The molecule has 0 spiro atoms. The second-order valence-electron chi connectivity index (χ2n) is 7.85. The number of aromatic nitrogens is 1. The number of amidine groups is 1. The van der Waals surface area contributed by atoms with Crippen LogP contribution in [-0.2, 0) is 9.59 Å². The standard InChI is InChI=1S/C19H24N4O4S2/c1-8-14-13(9(2)24)17(25)23(14)15(18(26)27)16(8)29-19-21-11(7-28-19)12-5-4-6-22(12)10(3)20/h7-9,12-14,20,24H,4-6H2,1-3H3,(H,26,27)/t8-,9-,12+,13-,14-/m1/s1. The number of β-lactam (4-membered cyclic amide) rings is 1. The van der Waals surface area contributed by atoms with Crippen LogP contribution in [0.5, 0.6) is 0 Å². The highest BCUT2D eigenvalue weighted by Gasteiger charge is 2.60. The Morgan fingerprint density at radius 2 is 2.21 bits per heavy atom. The monoisotopic (exact) mass is 436 g/mol. The highest BCUT2D eigenvalue weighted by Crippen LogP contribution is 2.52. The van der Waals surface area contributed by atoms with Crippen LogP contribution >= 0.6 is 23.1 Å². The Morgan fingerprint density at radius 1 is 1.48 bits per heavy atom. The summed E-state index contributed by atoms with van der Waals surface area (Å²) in [5, 5.41) is 29.6. The Kier molecular flexibility index (Phi) is 5.20. The van der Waals surface area contributed by atoms with Crippen LogP contribution in [0.2, 0.25) is 0 Å². The molecule has 0 aromatic carbocycles. The van der Waals surface area contributed by atoms with E-state index in [-0.39, 0.29) is 29.6 Å². The van der Waals surface area contributed by atoms with Gasteiger partial charge in [0.2, 0.25) is 5.91 Å². The van der Waals surface area contributed by atoms with Crippen LogP contribution in [0.4, 0.5) is 0 Å². The minimum atomic E-state index is -1.13. The van der Waals surface area contributed by atoms with Crippen LogP contribution in [-0.4, -0.2) is 61.4 Å². The number of aliphatic hydroxyl groups excluding tert-OH is 1. The molecule has 2 fully saturated rings. The quantitative estimate of drug-likeness (QED) is 0.369.